The Morgan fingerprint density at radius 3 is 2.91 bits per heavy atom. The lowest BCUT2D eigenvalue weighted by Gasteiger charge is -2.38. The molecule has 6 nitrogen and oxygen atoms in total. The number of amides is 2. The van der Waals surface area contributed by atoms with Crippen LogP contribution < -0.4 is 10.2 Å². The van der Waals surface area contributed by atoms with Gasteiger partial charge in [0.25, 0.3) is 0 Å². The van der Waals surface area contributed by atoms with Gasteiger partial charge in [-0.05, 0) is 32.8 Å². The molecule has 3 rings (SSSR count). The van der Waals surface area contributed by atoms with Crippen LogP contribution in [0.5, 0.6) is 0 Å². The van der Waals surface area contributed by atoms with Crippen LogP contribution in [0.3, 0.4) is 0 Å². The molecule has 0 unspecified atom stereocenters. The lowest BCUT2D eigenvalue weighted by atomic mass is 9.98. The van der Waals surface area contributed by atoms with Crippen LogP contribution in [0.15, 0.2) is 6.20 Å². The molecule has 3 heterocycles. The Balaban J connectivity index is 1.86. The Morgan fingerprint density at radius 2 is 2.26 bits per heavy atom. The topological polar surface area (TPSA) is 72.3 Å². The highest BCUT2D eigenvalue weighted by molar-refractivity contribution is 6.31. The molecule has 23 heavy (non-hydrogen) atoms. The van der Waals surface area contributed by atoms with E-state index in [0.29, 0.717) is 22.9 Å². The van der Waals surface area contributed by atoms with E-state index in [-0.39, 0.29) is 24.2 Å². The second kappa shape index (κ2) is 5.89. The minimum absolute atomic E-state index is 0.00222. The number of nitrogens with zero attached hydrogens (tertiary/aromatic N) is 4. The van der Waals surface area contributed by atoms with Crippen LogP contribution in [-0.2, 0) is 0 Å². The van der Waals surface area contributed by atoms with Gasteiger partial charge in [0.1, 0.15) is 11.9 Å². The van der Waals surface area contributed by atoms with Gasteiger partial charge in [-0.2, -0.15) is 5.26 Å². The summed E-state index contributed by atoms with van der Waals surface area (Å²) in [5.41, 5.74) is 1.27. The molecule has 0 aromatic carbocycles. The maximum absolute atomic E-state index is 12.2. The Kier molecular flexibility index (Phi) is 4.07. The summed E-state index contributed by atoms with van der Waals surface area (Å²) >= 11 is 6.07. The molecular formula is C16H20ClN5O. The average molecular weight is 334 g/mol. The highest BCUT2D eigenvalue weighted by Gasteiger charge is 2.44. The van der Waals surface area contributed by atoms with Crippen molar-refractivity contribution < 1.29 is 4.79 Å². The van der Waals surface area contributed by atoms with E-state index >= 15 is 0 Å². The molecule has 7 heteroatoms. The third-order valence-corrected chi connectivity index (χ3v) is 5.08. The lowest BCUT2D eigenvalue weighted by Crippen LogP contribution is -2.52. The summed E-state index contributed by atoms with van der Waals surface area (Å²) in [4.78, 5) is 20.5. The van der Waals surface area contributed by atoms with Crippen molar-refractivity contribution in [2.75, 3.05) is 18.0 Å². The summed E-state index contributed by atoms with van der Waals surface area (Å²) in [5.74, 6) is 0.657. The number of pyridine rings is 1. The molecule has 0 bridgehead atoms. The number of aromatic nitrogens is 1. The van der Waals surface area contributed by atoms with Gasteiger partial charge >= 0.3 is 6.03 Å². The monoisotopic (exact) mass is 333 g/mol. The van der Waals surface area contributed by atoms with Crippen molar-refractivity contribution >= 4 is 23.4 Å². The van der Waals surface area contributed by atoms with Crippen molar-refractivity contribution in [1.82, 2.24) is 15.2 Å². The van der Waals surface area contributed by atoms with Gasteiger partial charge in [-0.1, -0.05) is 11.6 Å². The van der Waals surface area contributed by atoms with Gasteiger partial charge < -0.3 is 15.1 Å². The zero-order valence-corrected chi connectivity index (χ0v) is 14.3. The average Bonchev–Trinajstić information content (AvgIpc) is 2.84. The predicted molar refractivity (Wildman–Crippen MR) is 88.6 cm³/mol. The van der Waals surface area contributed by atoms with Crippen molar-refractivity contribution in [1.29, 1.82) is 5.26 Å². The molecule has 1 aromatic rings. The van der Waals surface area contributed by atoms with Gasteiger partial charge in [0, 0.05) is 25.3 Å². The number of halogens is 1. The number of rotatable bonds is 2. The first-order valence-electron chi connectivity index (χ1n) is 7.83. The summed E-state index contributed by atoms with van der Waals surface area (Å²) in [5, 5.41) is 13.0. The molecule has 0 saturated carbocycles. The molecule has 2 atom stereocenters. The summed E-state index contributed by atoms with van der Waals surface area (Å²) in [6.07, 6.45) is 2.45. The summed E-state index contributed by atoms with van der Waals surface area (Å²) < 4.78 is 0. The molecular weight excluding hydrogens is 314 g/mol. The summed E-state index contributed by atoms with van der Waals surface area (Å²) in [7, 11) is 0. The van der Waals surface area contributed by atoms with Crippen LogP contribution in [0.1, 0.15) is 31.4 Å². The minimum Gasteiger partial charge on any atom is -0.353 e. The quantitative estimate of drug-likeness (QED) is 0.901. The molecule has 2 saturated heterocycles. The molecule has 0 aliphatic carbocycles. The van der Waals surface area contributed by atoms with Crippen LogP contribution in [0.25, 0.3) is 0 Å². The van der Waals surface area contributed by atoms with Gasteiger partial charge in [0.05, 0.1) is 22.7 Å². The normalized spacial score (nSPS) is 23.7. The number of carbonyl (C=O) groups is 1. The Hall–Kier alpha value is -2.00. The van der Waals surface area contributed by atoms with Crippen molar-refractivity contribution in [2.24, 2.45) is 0 Å². The summed E-state index contributed by atoms with van der Waals surface area (Å²) in [6.45, 7) is 7.32. The van der Waals surface area contributed by atoms with Gasteiger partial charge in [-0.15, -0.1) is 0 Å². The summed E-state index contributed by atoms with van der Waals surface area (Å²) in [6, 6.07) is 2.66. The zero-order valence-electron chi connectivity index (χ0n) is 13.5. The number of nitrogens with one attached hydrogen (secondary N) is 1. The fourth-order valence-corrected chi connectivity index (χ4v) is 3.69. The van der Waals surface area contributed by atoms with Crippen molar-refractivity contribution in [3.63, 3.8) is 0 Å². The number of carbonyl (C=O) groups excluding carboxylic acids is 1. The van der Waals surface area contributed by atoms with Gasteiger partial charge in [0.15, 0.2) is 0 Å². The van der Waals surface area contributed by atoms with Crippen LogP contribution in [0, 0.1) is 18.3 Å². The minimum atomic E-state index is -0.00222. The van der Waals surface area contributed by atoms with Crippen molar-refractivity contribution in [2.45, 2.75) is 45.3 Å². The Bertz CT molecular complexity index is 684. The van der Waals surface area contributed by atoms with Crippen LogP contribution >= 0.6 is 11.6 Å². The van der Waals surface area contributed by atoms with E-state index in [9.17, 15) is 10.1 Å². The van der Waals surface area contributed by atoms with E-state index in [1.165, 1.54) is 0 Å². The van der Waals surface area contributed by atoms with E-state index in [4.69, 9.17) is 11.6 Å². The molecule has 2 fully saturated rings. The molecule has 122 valence electrons. The van der Waals surface area contributed by atoms with Gasteiger partial charge in [-0.25, -0.2) is 9.78 Å². The number of urea groups is 1. The van der Waals surface area contributed by atoms with Gasteiger partial charge in [0.2, 0.25) is 0 Å². The van der Waals surface area contributed by atoms with Crippen molar-refractivity contribution in [3.05, 3.63) is 22.3 Å². The second-order valence-electron chi connectivity index (χ2n) is 6.40. The molecule has 1 N–H and O–H groups in total. The molecule has 0 radical (unpaired) electrons. The third-order valence-electron chi connectivity index (χ3n) is 4.70. The largest absolute Gasteiger partial charge is 0.353 e. The fraction of sp³-hybridized carbons (Fsp3) is 0.562. The zero-order chi connectivity index (χ0) is 16.7. The van der Waals surface area contributed by atoms with E-state index in [2.05, 4.69) is 21.3 Å². The fourth-order valence-electron chi connectivity index (χ4n) is 3.55. The highest BCUT2D eigenvalue weighted by atomic mass is 35.5. The number of hydrogen-bond donors (Lipinski definition) is 1. The number of hydrogen-bond acceptors (Lipinski definition) is 4. The first kappa shape index (κ1) is 15.9. The molecule has 2 aliphatic rings. The molecule has 2 aliphatic heterocycles. The molecule has 2 amide bonds. The number of anilines is 1. The number of piperidine rings is 1. The van der Waals surface area contributed by atoms with Crippen LogP contribution in [0.4, 0.5) is 10.6 Å². The van der Waals surface area contributed by atoms with E-state index in [1.54, 1.807) is 6.20 Å². The SMILES string of the molecule is Cc1c(Cl)cnc(N2CC[C@H]3[C@@H](C2)NC(=O)N3C(C)C)c1C#N. The van der Waals surface area contributed by atoms with E-state index in [1.807, 2.05) is 25.7 Å². The molecule has 1 aromatic heterocycles. The highest BCUT2D eigenvalue weighted by Crippen LogP contribution is 2.31. The maximum Gasteiger partial charge on any atom is 0.318 e. The predicted octanol–water partition coefficient (Wildman–Crippen LogP) is 2.30. The first-order valence-corrected chi connectivity index (χ1v) is 8.20. The first-order chi connectivity index (χ1) is 10.9. The number of fused-ring (bicyclic) bond motifs is 1. The Labute approximate surface area is 141 Å². The van der Waals surface area contributed by atoms with Crippen LogP contribution in [0.2, 0.25) is 5.02 Å². The smallest absolute Gasteiger partial charge is 0.318 e. The van der Waals surface area contributed by atoms with E-state index in [0.717, 1.165) is 18.5 Å². The van der Waals surface area contributed by atoms with E-state index < -0.39 is 0 Å². The van der Waals surface area contributed by atoms with Crippen LogP contribution in [-0.4, -0.2) is 47.1 Å². The third kappa shape index (κ3) is 2.59. The lowest BCUT2D eigenvalue weighted by molar-refractivity contribution is 0.175. The van der Waals surface area contributed by atoms with Crippen molar-refractivity contribution in [3.8, 4) is 6.07 Å². The second-order valence-corrected chi connectivity index (χ2v) is 6.81. The molecule has 0 spiro atoms. The standard InChI is InChI=1S/C16H20ClN5O/c1-9(2)22-14-4-5-21(8-13(14)20-16(22)23)15-11(6-18)10(3)12(17)7-19-15/h7,9,13-14H,4-5,8H2,1-3H3,(H,20,23)/t13-,14+/m1/s1. The van der Waals surface area contributed by atoms with Gasteiger partial charge in [-0.3, -0.25) is 0 Å². The number of nitriles is 1. The Morgan fingerprint density at radius 1 is 1.52 bits per heavy atom. The maximum atomic E-state index is 12.2.